The van der Waals surface area contributed by atoms with E-state index in [4.69, 9.17) is 10.2 Å². The third-order valence-corrected chi connectivity index (χ3v) is 2.04. The molecule has 2 heteroatoms. The van der Waals surface area contributed by atoms with E-state index in [0.29, 0.717) is 6.42 Å². The Morgan fingerprint density at radius 2 is 1.88 bits per heavy atom. The molecule has 0 rings (SSSR count). The summed E-state index contributed by atoms with van der Waals surface area (Å²) in [7, 11) is 0. The van der Waals surface area contributed by atoms with Crippen LogP contribution in [0.4, 0.5) is 0 Å². The zero-order valence-corrected chi connectivity index (χ0v) is 10.3. The Kier molecular flexibility index (Phi) is 8.43. The van der Waals surface area contributed by atoms with Crippen molar-refractivity contribution >= 4 is 0 Å². The largest absolute Gasteiger partial charge is 0.509 e. The number of hydrogen-bond donors (Lipinski definition) is 2. The monoisotopic (exact) mass is 232 g/mol. The molecule has 92 valence electrons. The second-order valence-electron chi connectivity index (χ2n) is 3.43. The molecule has 0 saturated heterocycles. The predicted octanol–water partition coefficient (Wildman–Crippen LogP) is 3.61. The first-order chi connectivity index (χ1) is 8.13. The zero-order chi connectivity index (χ0) is 13.1. The van der Waals surface area contributed by atoms with Crippen LogP contribution in [0.3, 0.4) is 0 Å². The van der Waals surface area contributed by atoms with Crippen molar-refractivity contribution < 1.29 is 10.2 Å². The Balaban J connectivity index is 4.73. The molecule has 2 N–H and O–H groups in total. The van der Waals surface area contributed by atoms with Gasteiger partial charge in [-0.15, -0.1) is 0 Å². The first-order valence-electron chi connectivity index (χ1n) is 5.44. The Morgan fingerprint density at radius 3 is 2.35 bits per heavy atom. The Bertz CT molecular complexity index is 368. The molecule has 0 aliphatic heterocycles. The van der Waals surface area contributed by atoms with E-state index in [2.05, 4.69) is 13.2 Å². The molecule has 2 nitrogen and oxygen atoms in total. The van der Waals surface area contributed by atoms with Gasteiger partial charge in [0.05, 0.1) is 6.61 Å². The molecule has 0 aromatic heterocycles. The third kappa shape index (κ3) is 8.05. The summed E-state index contributed by atoms with van der Waals surface area (Å²) in [5.41, 5.74) is 2.09. The zero-order valence-electron chi connectivity index (χ0n) is 10.3. The first kappa shape index (κ1) is 15.2. The molecule has 0 aromatic rings. The van der Waals surface area contributed by atoms with Crippen LogP contribution >= 0.6 is 0 Å². The fraction of sp³-hybridized carbons (Fsp3) is 0.200. The maximum Gasteiger partial charge on any atom is 0.108 e. The molecule has 0 aromatic carbocycles. The minimum atomic E-state index is 0.0168. The van der Waals surface area contributed by atoms with Gasteiger partial charge in [0.1, 0.15) is 5.76 Å². The maximum atomic E-state index is 8.99. The second-order valence-corrected chi connectivity index (χ2v) is 3.43. The highest BCUT2D eigenvalue weighted by atomic mass is 16.3. The summed E-state index contributed by atoms with van der Waals surface area (Å²) < 4.78 is 0. The molecule has 0 amide bonds. The summed E-state index contributed by atoms with van der Waals surface area (Å²) in [5.74, 6) is 0.0319. The first-order valence-corrected chi connectivity index (χ1v) is 5.44. The minimum absolute atomic E-state index is 0.0168. The summed E-state index contributed by atoms with van der Waals surface area (Å²) in [5, 5.41) is 17.7. The van der Waals surface area contributed by atoms with Gasteiger partial charge in [0, 0.05) is 0 Å². The van der Waals surface area contributed by atoms with Crippen molar-refractivity contribution in [3.8, 4) is 0 Å². The van der Waals surface area contributed by atoms with Crippen molar-refractivity contribution in [1.82, 2.24) is 0 Å². The Morgan fingerprint density at radius 1 is 1.18 bits per heavy atom. The number of allylic oxidation sites excluding steroid dienone is 8. The van der Waals surface area contributed by atoms with Crippen LogP contribution in [-0.4, -0.2) is 16.8 Å². The van der Waals surface area contributed by atoms with Crippen LogP contribution in [0, 0.1) is 0 Å². The third-order valence-electron chi connectivity index (χ3n) is 2.04. The van der Waals surface area contributed by atoms with Crippen LogP contribution in [0.25, 0.3) is 0 Å². The Labute approximate surface area is 103 Å². The normalized spacial score (nSPS) is 13.5. The standard InChI is InChI=1S/C15H20O2/c1-4-7-15(8-6-11-16)12-14(5-2)10-9-13(3)17/h4-10,16-17H,1,3,11-12H2,2H3/b8-6-,10-9-,14-5+,15-7+. The van der Waals surface area contributed by atoms with E-state index in [0.717, 1.165) is 11.1 Å². The lowest BCUT2D eigenvalue weighted by Crippen LogP contribution is -1.85. The molecule has 0 fully saturated rings. The van der Waals surface area contributed by atoms with Gasteiger partial charge in [-0.25, -0.2) is 0 Å². The van der Waals surface area contributed by atoms with Crippen LogP contribution < -0.4 is 0 Å². The summed E-state index contributed by atoms with van der Waals surface area (Å²) in [6.45, 7) is 8.99. The van der Waals surface area contributed by atoms with Gasteiger partial charge < -0.3 is 10.2 Å². The van der Waals surface area contributed by atoms with E-state index in [-0.39, 0.29) is 12.4 Å². The molecule has 0 radical (unpaired) electrons. The second kappa shape index (κ2) is 9.43. The highest BCUT2D eigenvalue weighted by Gasteiger charge is 1.95. The molecule has 0 spiro atoms. The summed E-state index contributed by atoms with van der Waals surface area (Å²) >= 11 is 0. The van der Waals surface area contributed by atoms with Crippen molar-refractivity contribution in [3.63, 3.8) is 0 Å². The Hall–Kier alpha value is -1.80. The molecular formula is C15H20O2. The van der Waals surface area contributed by atoms with Crippen LogP contribution in [0.15, 0.2) is 72.6 Å². The SMILES string of the molecule is C=C/C=C(\C=C/CO)CC(/C=C\C(=C)O)=C/C. The van der Waals surface area contributed by atoms with E-state index >= 15 is 0 Å². The van der Waals surface area contributed by atoms with Crippen LogP contribution in [0.2, 0.25) is 0 Å². The van der Waals surface area contributed by atoms with E-state index in [1.165, 1.54) is 0 Å². The lowest BCUT2D eigenvalue weighted by molar-refractivity contribution is 0.342. The number of aliphatic hydroxyl groups is 2. The van der Waals surface area contributed by atoms with Gasteiger partial charge in [-0.2, -0.15) is 0 Å². The topological polar surface area (TPSA) is 40.5 Å². The number of rotatable bonds is 7. The van der Waals surface area contributed by atoms with Gasteiger partial charge in [-0.3, -0.25) is 0 Å². The van der Waals surface area contributed by atoms with E-state index < -0.39 is 0 Å². The van der Waals surface area contributed by atoms with Crippen molar-refractivity contribution in [2.24, 2.45) is 0 Å². The molecular weight excluding hydrogens is 212 g/mol. The van der Waals surface area contributed by atoms with Gasteiger partial charge in [-0.1, -0.05) is 49.6 Å². The summed E-state index contributed by atoms with van der Waals surface area (Å²) in [6, 6.07) is 0. The molecule has 17 heavy (non-hydrogen) atoms. The molecule has 0 atom stereocenters. The van der Waals surface area contributed by atoms with E-state index in [9.17, 15) is 0 Å². The fourth-order valence-corrected chi connectivity index (χ4v) is 1.23. The highest BCUT2D eigenvalue weighted by Crippen LogP contribution is 2.14. The lowest BCUT2D eigenvalue weighted by atomic mass is 10.0. The van der Waals surface area contributed by atoms with Gasteiger partial charge in [0.15, 0.2) is 0 Å². The molecule has 0 heterocycles. The predicted molar refractivity (Wildman–Crippen MR) is 73.8 cm³/mol. The molecule has 0 bridgehead atoms. The lowest BCUT2D eigenvalue weighted by Gasteiger charge is -2.03. The number of aliphatic hydroxyl groups excluding tert-OH is 2. The fourth-order valence-electron chi connectivity index (χ4n) is 1.23. The van der Waals surface area contributed by atoms with Gasteiger partial charge in [0.2, 0.25) is 0 Å². The smallest absolute Gasteiger partial charge is 0.108 e. The van der Waals surface area contributed by atoms with Crippen LogP contribution in [0.5, 0.6) is 0 Å². The average molecular weight is 232 g/mol. The van der Waals surface area contributed by atoms with Crippen LogP contribution in [0.1, 0.15) is 13.3 Å². The van der Waals surface area contributed by atoms with Gasteiger partial charge >= 0.3 is 0 Å². The quantitative estimate of drug-likeness (QED) is 0.520. The van der Waals surface area contributed by atoms with Crippen LogP contribution in [-0.2, 0) is 0 Å². The maximum absolute atomic E-state index is 8.99. The van der Waals surface area contributed by atoms with Crippen molar-refractivity contribution in [3.05, 3.63) is 72.6 Å². The highest BCUT2D eigenvalue weighted by molar-refractivity contribution is 5.33. The average Bonchev–Trinajstić information content (AvgIpc) is 2.31. The van der Waals surface area contributed by atoms with Crippen molar-refractivity contribution in [2.75, 3.05) is 6.61 Å². The number of hydrogen-bond acceptors (Lipinski definition) is 2. The van der Waals surface area contributed by atoms with E-state index in [1.54, 1.807) is 18.2 Å². The molecule has 0 aliphatic carbocycles. The minimum Gasteiger partial charge on any atom is -0.509 e. The van der Waals surface area contributed by atoms with Crippen molar-refractivity contribution in [2.45, 2.75) is 13.3 Å². The molecule has 0 unspecified atom stereocenters. The van der Waals surface area contributed by atoms with Gasteiger partial charge in [-0.05, 0) is 30.6 Å². The summed E-state index contributed by atoms with van der Waals surface area (Å²) in [4.78, 5) is 0. The van der Waals surface area contributed by atoms with Gasteiger partial charge in [0.25, 0.3) is 0 Å². The van der Waals surface area contributed by atoms with E-state index in [1.807, 2.05) is 31.2 Å². The van der Waals surface area contributed by atoms with Crippen molar-refractivity contribution in [1.29, 1.82) is 0 Å². The summed E-state index contributed by atoms with van der Waals surface area (Å²) in [6.07, 6.45) is 13.2. The molecule has 0 saturated carbocycles. The molecule has 0 aliphatic rings.